The molecule has 10 heteroatoms. The van der Waals surface area contributed by atoms with Crippen LogP contribution < -0.4 is 10.1 Å². The zero-order valence-electron chi connectivity index (χ0n) is 14.3. The van der Waals surface area contributed by atoms with E-state index in [4.69, 9.17) is 4.74 Å². The third-order valence-corrected chi connectivity index (χ3v) is 3.40. The molecular formula is C17H15F4N3O3. The van der Waals surface area contributed by atoms with Crippen molar-refractivity contribution in [2.24, 2.45) is 5.16 Å². The van der Waals surface area contributed by atoms with Crippen LogP contribution in [0.15, 0.2) is 41.7 Å². The number of ether oxygens (including phenoxy) is 1. The van der Waals surface area contributed by atoms with Crippen LogP contribution in [-0.2, 0) is 22.4 Å². The van der Waals surface area contributed by atoms with Crippen LogP contribution in [0.4, 0.5) is 17.6 Å². The van der Waals surface area contributed by atoms with E-state index in [1.165, 1.54) is 14.2 Å². The van der Waals surface area contributed by atoms with Gasteiger partial charge in [0.2, 0.25) is 0 Å². The summed E-state index contributed by atoms with van der Waals surface area (Å²) in [7, 11) is 2.68. The molecule has 1 aromatic carbocycles. The molecule has 0 spiro atoms. The number of oxime groups is 1. The molecule has 0 saturated carbocycles. The lowest BCUT2D eigenvalue weighted by Crippen LogP contribution is -2.29. The molecule has 1 aromatic heterocycles. The molecule has 0 unspecified atom stereocenters. The molecule has 2 aromatic rings. The number of aromatic nitrogens is 1. The first-order chi connectivity index (χ1) is 12.8. The summed E-state index contributed by atoms with van der Waals surface area (Å²) < 4.78 is 56.7. The fourth-order valence-electron chi connectivity index (χ4n) is 2.13. The van der Waals surface area contributed by atoms with Crippen molar-refractivity contribution < 1.29 is 31.9 Å². The van der Waals surface area contributed by atoms with E-state index >= 15 is 0 Å². The van der Waals surface area contributed by atoms with Gasteiger partial charge in [-0.05, 0) is 11.6 Å². The number of benzene rings is 1. The molecule has 6 nitrogen and oxygen atoms in total. The maximum atomic E-state index is 13.9. The standard InChI is InChI=1S/C17H15F4N3O3/c1-22-15(25)14(24-26-2)12-6-4-3-5-10(12)9-27-16-13(18)7-11(8-23-16)17(19,20)21/h3-8H,9H2,1-2H3,(H,22,25)/b24-14+. The van der Waals surface area contributed by atoms with Gasteiger partial charge in [0, 0.05) is 18.8 Å². The van der Waals surface area contributed by atoms with E-state index in [1.807, 2.05) is 0 Å². The Morgan fingerprint density at radius 1 is 1.30 bits per heavy atom. The van der Waals surface area contributed by atoms with E-state index in [9.17, 15) is 22.4 Å². The highest BCUT2D eigenvalue weighted by Gasteiger charge is 2.32. The van der Waals surface area contributed by atoms with Crippen molar-refractivity contribution in [3.8, 4) is 5.88 Å². The minimum Gasteiger partial charge on any atom is -0.471 e. The number of carbonyl (C=O) groups excluding carboxylic acids is 1. The van der Waals surface area contributed by atoms with Gasteiger partial charge in [0.15, 0.2) is 11.5 Å². The Morgan fingerprint density at radius 2 is 2.00 bits per heavy atom. The van der Waals surface area contributed by atoms with Crippen LogP contribution >= 0.6 is 0 Å². The second-order valence-corrected chi connectivity index (χ2v) is 5.16. The van der Waals surface area contributed by atoms with Crippen molar-refractivity contribution in [3.05, 3.63) is 59.0 Å². The molecule has 27 heavy (non-hydrogen) atoms. The first kappa shape index (κ1) is 20.1. The number of likely N-dealkylation sites (N-methyl/N-ethyl adjacent to an activating group) is 1. The Hall–Kier alpha value is -3.17. The van der Waals surface area contributed by atoms with Crippen molar-refractivity contribution in [3.63, 3.8) is 0 Å². The van der Waals surface area contributed by atoms with E-state index in [0.717, 1.165) is 0 Å². The minimum atomic E-state index is -4.71. The van der Waals surface area contributed by atoms with Crippen molar-refractivity contribution in [2.45, 2.75) is 12.8 Å². The average Bonchev–Trinajstić information content (AvgIpc) is 2.64. The second-order valence-electron chi connectivity index (χ2n) is 5.16. The Balaban J connectivity index is 2.27. The van der Waals surface area contributed by atoms with E-state index in [2.05, 4.69) is 20.3 Å². The van der Waals surface area contributed by atoms with E-state index in [-0.39, 0.29) is 12.3 Å². The number of rotatable bonds is 6. The summed E-state index contributed by atoms with van der Waals surface area (Å²) in [4.78, 5) is 20.0. The molecule has 0 aliphatic heterocycles. The highest BCUT2D eigenvalue weighted by Crippen LogP contribution is 2.30. The summed E-state index contributed by atoms with van der Waals surface area (Å²) in [5, 5.41) is 6.08. The summed E-state index contributed by atoms with van der Waals surface area (Å²) in [5.74, 6) is -2.37. The highest BCUT2D eigenvalue weighted by atomic mass is 19.4. The van der Waals surface area contributed by atoms with Gasteiger partial charge in [-0.2, -0.15) is 13.2 Å². The molecule has 0 bridgehead atoms. The summed E-state index contributed by atoms with van der Waals surface area (Å²) in [6.45, 7) is -0.259. The molecule has 1 heterocycles. The number of nitrogens with one attached hydrogen (secondary N) is 1. The number of amides is 1. The monoisotopic (exact) mass is 385 g/mol. The Kier molecular flexibility index (Phi) is 6.32. The van der Waals surface area contributed by atoms with Crippen LogP contribution in [0, 0.1) is 5.82 Å². The minimum absolute atomic E-state index is 0.0416. The highest BCUT2D eigenvalue weighted by molar-refractivity contribution is 6.45. The van der Waals surface area contributed by atoms with E-state index in [1.54, 1.807) is 24.3 Å². The molecule has 0 saturated heterocycles. The third-order valence-electron chi connectivity index (χ3n) is 3.40. The Labute approximate surface area is 151 Å². The number of pyridine rings is 1. The van der Waals surface area contributed by atoms with Gasteiger partial charge in [-0.1, -0.05) is 29.4 Å². The van der Waals surface area contributed by atoms with Gasteiger partial charge in [-0.3, -0.25) is 4.79 Å². The molecule has 0 fully saturated rings. The molecule has 0 aliphatic carbocycles. The van der Waals surface area contributed by atoms with Crippen molar-refractivity contribution >= 4 is 11.6 Å². The van der Waals surface area contributed by atoms with Crippen molar-refractivity contribution in [2.75, 3.05) is 14.2 Å². The van der Waals surface area contributed by atoms with Crippen LogP contribution in [0.5, 0.6) is 5.88 Å². The second kappa shape index (κ2) is 8.47. The number of carbonyl (C=O) groups is 1. The molecule has 144 valence electrons. The van der Waals surface area contributed by atoms with Crippen LogP contribution in [0.3, 0.4) is 0 Å². The summed E-state index contributed by atoms with van der Waals surface area (Å²) in [6, 6.07) is 6.75. The predicted octanol–water partition coefficient (Wildman–Crippen LogP) is 2.92. The number of hydrogen-bond donors (Lipinski definition) is 1. The number of hydrogen-bond acceptors (Lipinski definition) is 5. The SMILES string of the molecule is CNC(=O)/C(=N/OC)c1ccccc1COc1ncc(C(F)(F)F)cc1F. The van der Waals surface area contributed by atoms with Crippen LogP contribution in [0.25, 0.3) is 0 Å². The fourth-order valence-corrected chi connectivity index (χ4v) is 2.13. The molecule has 1 N–H and O–H groups in total. The Morgan fingerprint density at radius 3 is 2.59 bits per heavy atom. The third kappa shape index (κ3) is 4.93. The van der Waals surface area contributed by atoms with Gasteiger partial charge >= 0.3 is 6.18 Å². The van der Waals surface area contributed by atoms with Gasteiger partial charge < -0.3 is 14.9 Å². The smallest absolute Gasteiger partial charge is 0.417 e. The van der Waals surface area contributed by atoms with Crippen LogP contribution in [0.1, 0.15) is 16.7 Å². The summed E-state index contributed by atoms with van der Waals surface area (Å²) >= 11 is 0. The normalized spacial score (nSPS) is 11.9. The van der Waals surface area contributed by atoms with E-state index in [0.29, 0.717) is 23.4 Å². The quantitative estimate of drug-likeness (QED) is 0.472. The average molecular weight is 385 g/mol. The molecule has 1 amide bonds. The number of nitrogens with zero attached hydrogens (tertiary/aromatic N) is 2. The van der Waals surface area contributed by atoms with Gasteiger partial charge in [0.1, 0.15) is 13.7 Å². The first-order valence-electron chi connectivity index (χ1n) is 7.55. The molecular weight excluding hydrogens is 370 g/mol. The molecule has 0 radical (unpaired) electrons. The summed E-state index contributed by atoms with van der Waals surface area (Å²) in [6.07, 6.45) is -4.23. The van der Waals surface area contributed by atoms with Gasteiger partial charge in [0.25, 0.3) is 11.8 Å². The molecule has 2 rings (SSSR count). The Bertz CT molecular complexity index is 854. The summed E-state index contributed by atoms with van der Waals surface area (Å²) in [5.41, 5.74) is -0.481. The van der Waals surface area contributed by atoms with E-state index < -0.39 is 29.3 Å². The number of alkyl halides is 3. The number of halogens is 4. The van der Waals surface area contributed by atoms with Gasteiger partial charge in [-0.15, -0.1) is 0 Å². The predicted molar refractivity (Wildman–Crippen MR) is 87.6 cm³/mol. The lowest BCUT2D eigenvalue weighted by molar-refractivity contribution is -0.138. The van der Waals surface area contributed by atoms with Gasteiger partial charge in [0.05, 0.1) is 5.56 Å². The molecule has 0 atom stereocenters. The molecule has 0 aliphatic rings. The topological polar surface area (TPSA) is 72.8 Å². The van der Waals surface area contributed by atoms with Crippen molar-refractivity contribution in [1.82, 2.24) is 10.3 Å². The van der Waals surface area contributed by atoms with Crippen LogP contribution in [0.2, 0.25) is 0 Å². The van der Waals surface area contributed by atoms with Crippen LogP contribution in [-0.4, -0.2) is 30.8 Å². The zero-order chi connectivity index (χ0) is 20.0. The fraction of sp³-hybridized carbons (Fsp3) is 0.235. The largest absolute Gasteiger partial charge is 0.471 e. The maximum absolute atomic E-state index is 13.9. The maximum Gasteiger partial charge on any atom is 0.417 e. The lowest BCUT2D eigenvalue weighted by atomic mass is 10.0. The van der Waals surface area contributed by atoms with Crippen molar-refractivity contribution in [1.29, 1.82) is 0 Å². The van der Waals surface area contributed by atoms with Gasteiger partial charge in [-0.25, -0.2) is 9.37 Å². The first-order valence-corrected chi connectivity index (χ1v) is 7.55. The lowest BCUT2D eigenvalue weighted by Gasteiger charge is -2.12. The zero-order valence-corrected chi connectivity index (χ0v) is 14.3.